The number of anilines is 1. The number of hydrogen-bond acceptors (Lipinski definition) is 4. The van der Waals surface area contributed by atoms with Crippen molar-refractivity contribution in [3.05, 3.63) is 35.7 Å². The summed E-state index contributed by atoms with van der Waals surface area (Å²) in [5.41, 5.74) is 8.69. The van der Waals surface area contributed by atoms with Crippen molar-refractivity contribution in [2.75, 3.05) is 5.73 Å². The first-order valence-electron chi connectivity index (χ1n) is 4.62. The second-order valence-electron chi connectivity index (χ2n) is 3.34. The quantitative estimate of drug-likeness (QED) is 0.790. The number of oxazole rings is 1. The first kappa shape index (κ1) is 10.1. The molecule has 15 heavy (non-hydrogen) atoms. The van der Waals surface area contributed by atoms with E-state index in [1.54, 1.807) is 6.26 Å². The van der Waals surface area contributed by atoms with E-state index in [-0.39, 0.29) is 0 Å². The van der Waals surface area contributed by atoms with Gasteiger partial charge in [-0.15, -0.1) is 0 Å². The lowest BCUT2D eigenvalue weighted by Crippen LogP contribution is -1.91. The number of nitrogen functional groups attached to an aromatic ring is 1. The van der Waals surface area contributed by atoms with Crippen molar-refractivity contribution in [3.63, 3.8) is 0 Å². The fraction of sp³-hybridized carbons (Fsp3) is 0.182. The van der Waals surface area contributed by atoms with Crippen molar-refractivity contribution >= 4 is 17.4 Å². The Bertz CT molecular complexity index is 479. The van der Waals surface area contributed by atoms with Crippen LogP contribution in [0.2, 0.25) is 0 Å². The minimum absolute atomic E-state index is 0.629. The van der Waals surface area contributed by atoms with Crippen LogP contribution in [0.15, 0.2) is 39.0 Å². The smallest absolute Gasteiger partial charge is 0.260 e. The summed E-state index contributed by atoms with van der Waals surface area (Å²) in [5.74, 6) is 0. The fourth-order valence-electron chi connectivity index (χ4n) is 1.22. The molecule has 0 amide bonds. The predicted molar refractivity (Wildman–Crippen MR) is 61.0 cm³/mol. The number of aryl methyl sites for hydroxylation is 2. The monoisotopic (exact) mass is 220 g/mol. The zero-order valence-corrected chi connectivity index (χ0v) is 9.47. The van der Waals surface area contributed by atoms with E-state index in [9.17, 15) is 0 Å². The number of nitrogens with zero attached hydrogens (tertiary/aromatic N) is 1. The molecule has 1 heterocycles. The zero-order chi connectivity index (χ0) is 10.8. The van der Waals surface area contributed by atoms with Gasteiger partial charge in [-0.2, -0.15) is 0 Å². The minimum atomic E-state index is 0.629. The average molecular weight is 220 g/mol. The van der Waals surface area contributed by atoms with Gasteiger partial charge in [-0.25, -0.2) is 4.98 Å². The molecule has 78 valence electrons. The van der Waals surface area contributed by atoms with Gasteiger partial charge in [0.05, 0.1) is 5.69 Å². The molecule has 2 N–H and O–H groups in total. The van der Waals surface area contributed by atoms with Gasteiger partial charge in [-0.3, -0.25) is 0 Å². The maximum absolute atomic E-state index is 5.95. The summed E-state index contributed by atoms with van der Waals surface area (Å²) in [4.78, 5) is 5.20. The lowest BCUT2D eigenvalue weighted by atomic mass is 10.2. The maximum Gasteiger partial charge on any atom is 0.260 e. The van der Waals surface area contributed by atoms with E-state index in [4.69, 9.17) is 10.2 Å². The fourth-order valence-corrected chi connectivity index (χ4v) is 2.11. The third-order valence-corrected chi connectivity index (χ3v) is 3.02. The number of nitrogens with two attached hydrogens (primary N) is 1. The Labute approximate surface area is 92.7 Å². The number of aromatic nitrogens is 1. The van der Waals surface area contributed by atoms with Gasteiger partial charge in [0.25, 0.3) is 5.22 Å². The highest BCUT2D eigenvalue weighted by atomic mass is 32.2. The normalized spacial score (nSPS) is 10.5. The molecule has 2 rings (SSSR count). The largest absolute Gasteiger partial charge is 0.439 e. The molecule has 0 saturated heterocycles. The van der Waals surface area contributed by atoms with Crippen LogP contribution in [-0.2, 0) is 0 Å². The summed E-state index contributed by atoms with van der Waals surface area (Å²) in [6.45, 7) is 3.88. The van der Waals surface area contributed by atoms with Crippen LogP contribution in [0.5, 0.6) is 0 Å². The van der Waals surface area contributed by atoms with Crippen LogP contribution in [0, 0.1) is 13.8 Å². The highest BCUT2D eigenvalue weighted by Crippen LogP contribution is 2.32. The Morgan fingerprint density at radius 2 is 2.13 bits per heavy atom. The van der Waals surface area contributed by atoms with E-state index < -0.39 is 0 Å². The summed E-state index contributed by atoms with van der Waals surface area (Å²) < 4.78 is 5.26. The molecule has 0 unspecified atom stereocenters. The molecule has 0 spiro atoms. The van der Waals surface area contributed by atoms with Crippen LogP contribution in [0.1, 0.15) is 11.3 Å². The van der Waals surface area contributed by atoms with Gasteiger partial charge in [-0.1, -0.05) is 12.1 Å². The van der Waals surface area contributed by atoms with Gasteiger partial charge >= 0.3 is 0 Å². The molecule has 0 saturated carbocycles. The van der Waals surface area contributed by atoms with Crippen LogP contribution < -0.4 is 5.73 Å². The summed E-state index contributed by atoms with van der Waals surface area (Å²) >= 11 is 1.45. The molecule has 0 aliphatic heterocycles. The Balaban J connectivity index is 2.28. The molecular weight excluding hydrogens is 208 g/mol. The van der Waals surface area contributed by atoms with Crippen molar-refractivity contribution < 1.29 is 4.42 Å². The van der Waals surface area contributed by atoms with Gasteiger partial charge in [0.2, 0.25) is 0 Å². The molecule has 0 aliphatic rings. The molecule has 3 nitrogen and oxygen atoms in total. The number of para-hydroxylation sites is 1. The first-order valence-corrected chi connectivity index (χ1v) is 5.43. The third-order valence-electron chi connectivity index (χ3n) is 2.08. The molecule has 1 aromatic carbocycles. The molecule has 0 radical (unpaired) electrons. The van der Waals surface area contributed by atoms with Crippen LogP contribution in [0.25, 0.3) is 0 Å². The summed E-state index contributed by atoms with van der Waals surface area (Å²) in [7, 11) is 0. The summed E-state index contributed by atoms with van der Waals surface area (Å²) in [6, 6.07) is 5.93. The molecule has 1 aromatic heterocycles. The molecule has 4 heteroatoms. The number of rotatable bonds is 2. The Kier molecular flexibility index (Phi) is 2.68. The van der Waals surface area contributed by atoms with Gasteiger partial charge in [0.15, 0.2) is 0 Å². The number of hydrogen-bond donors (Lipinski definition) is 1. The lowest BCUT2D eigenvalue weighted by Gasteiger charge is -2.04. The van der Waals surface area contributed by atoms with E-state index in [0.29, 0.717) is 5.22 Å². The van der Waals surface area contributed by atoms with Crippen LogP contribution in [0.4, 0.5) is 5.69 Å². The minimum Gasteiger partial charge on any atom is -0.439 e. The topological polar surface area (TPSA) is 52.0 Å². The molecular formula is C11H12N2OS. The Hall–Kier alpha value is -1.42. The summed E-state index contributed by atoms with van der Waals surface area (Å²) in [5, 5.41) is 0.629. The lowest BCUT2D eigenvalue weighted by molar-refractivity contribution is 0.454. The van der Waals surface area contributed by atoms with E-state index in [1.807, 2.05) is 32.0 Å². The van der Waals surface area contributed by atoms with Crippen molar-refractivity contribution in [1.82, 2.24) is 4.98 Å². The van der Waals surface area contributed by atoms with E-state index in [0.717, 1.165) is 21.8 Å². The van der Waals surface area contributed by atoms with Crippen LogP contribution >= 0.6 is 11.8 Å². The highest BCUT2D eigenvalue weighted by Gasteiger charge is 2.07. The zero-order valence-electron chi connectivity index (χ0n) is 8.65. The van der Waals surface area contributed by atoms with Crippen LogP contribution in [-0.4, -0.2) is 4.98 Å². The van der Waals surface area contributed by atoms with Gasteiger partial charge < -0.3 is 10.2 Å². The van der Waals surface area contributed by atoms with E-state index in [2.05, 4.69) is 4.98 Å². The van der Waals surface area contributed by atoms with E-state index in [1.165, 1.54) is 11.8 Å². The predicted octanol–water partition coefficient (Wildman–Crippen LogP) is 3.02. The van der Waals surface area contributed by atoms with Crippen LogP contribution in [0.3, 0.4) is 0 Å². The molecule has 0 atom stereocenters. The molecule has 0 bridgehead atoms. The van der Waals surface area contributed by atoms with Crippen molar-refractivity contribution in [3.8, 4) is 0 Å². The summed E-state index contributed by atoms with van der Waals surface area (Å²) in [6.07, 6.45) is 1.63. The maximum atomic E-state index is 5.95. The second kappa shape index (κ2) is 3.98. The highest BCUT2D eigenvalue weighted by molar-refractivity contribution is 7.99. The van der Waals surface area contributed by atoms with Gasteiger partial charge in [0, 0.05) is 10.6 Å². The number of benzene rings is 1. The Morgan fingerprint density at radius 3 is 2.80 bits per heavy atom. The van der Waals surface area contributed by atoms with Crippen molar-refractivity contribution in [1.29, 1.82) is 0 Å². The Morgan fingerprint density at radius 1 is 1.33 bits per heavy atom. The van der Waals surface area contributed by atoms with E-state index >= 15 is 0 Å². The van der Waals surface area contributed by atoms with Crippen molar-refractivity contribution in [2.24, 2.45) is 0 Å². The molecule has 0 aliphatic carbocycles. The first-order chi connectivity index (χ1) is 7.16. The average Bonchev–Trinajstić information content (AvgIpc) is 2.59. The van der Waals surface area contributed by atoms with Crippen molar-refractivity contribution in [2.45, 2.75) is 24.0 Å². The third kappa shape index (κ3) is 2.15. The second-order valence-corrected chi connectivity index (χ2v) is 4.34. The standard InChI is InChI=1S/C11H12N2OS/c1-7-4-3-5-9(10(7)12)15-11-13-8(2)6-14-11/h3-6H,12H2,1-2H3. The SMILES string of the molecule is Cc1coc(Sc2cccc(C)c2N)n1. The molecule has 0 fully saturated rings. The molecule has 2 aromatic rings. The van der Waals surface area contributed by atoms with Gasteiger partial charge in [-0.05, 0) is 37.2 Å². The van der Waals surface area contributed by atoms with Gasteiger partial charge in [0.1, 0.15) is 6.26 Å².